The molecule has 0 heterocycles. The monoisotopic (exact) mass is 349 g/mol. The molecule has 0 aliphatic carbocycles. The van der Waals surface area contributed by atoms with Crippen molar-refractivity contribution in [2.75, 3.05) is 10.7 Å². The van der Waals surface area contributed by atoms with Crippen molar-refractivity contribution in [1.82, 2.24) is 0 Å². The van der Waals surface area contributed by atoms with Crippen molar-refractivity contribution in [2.45, 2.75) is 33.7 Å². The highest BCUT2D eigenvalue weighted by atomic mass is 35.5. The van der Waals surface area contributed by atoms with E-state index in [1.54, 1.807) is 6.07 Å². The second-order valence-corrected chi connectivity index (χ2v) is 6.57. The first-order valence-corrected chi connectivity index (χ1v) is 8.21. The van der Waals surface area contributed by atoms with Crippen LogP contribution in [0.25, 0.3) is 0 Å². The van der Waals surface area contributed by atoms with Gasteiger partial charge in [-0.05, 0) is 52.0 Å². The average Bonchev–Trinajstić information content (AvgIpc) is 2.50. The van der Waals surface area contributed by atoms with Crippen LogP contribution in [0.3, 0.4) is 0 Å². The van der Waals surface area contributed by atoms with Gasteiger partial charge in [-0.15, -0.1) is 0 Å². The Balaban J connectivity index is 2.50. The first-order valence-electron chi connectivity index (χ1n) is 7.46. The van der Waals surface area contributed by atoms with E-state index in [1.807, 2.05) is 63.0 Å². The Hall–Kier alpha value is -1.71. The summed E-state index contributed by atoms with van der Waals surface area (Å²) in [6, 6.07) is 11.6. The van der Waals surface area contributed by atoms with Gasteiger partial charge in [-0.25, -0.2) is 0 Å². The topological polar surface area (TPSA) is 41.6 Å². The SMILES string of the molecule is C/C(=N\N(c1cccc(Cl)c1Cl)C(C)C)c1cc(C)ccc1N. The van der Waals surface area contributed by atoms with Gasteiger partial charge < -0.3 is 5.73 Å². The van der Waals surface area contributed by atoms with Gasteiger partial charge in [0.05, 0.1) is 21.4 Å². The quantitative estimate of drug-likeness (QED) is 0.448. The lowest BCUT2D eigenvalue weighted by molar-refractivity contribution is 0.713. The molecule has 122 valence electrons. The number of nitrogens with two attached hydrogens (primary N) is 1. The molecule has 0 saturated heterocycles. The van der Waals surface area contributed by atoms with Crippen molar-refractivity contribution in [3.8, 4) is 0 Å². The molecule has 0 aliphatic rings. The van der Waals surface area contributed by atoms with Crippen LogP contribution in [0.1, 0.15) is 31.9 Å². The second kappa shape index (κ2) is 7.24. The summed E-state index contributed by atoms with van der Waals surface area (Å²) in [4.78, 5) is 0. The van der Waals surface area contributed by atoms with Crippen molar-refractivity contribution in [3.63, 3.8) is 0 Å². The minimum Gasteiger partial charge on any atom is -0.398 e. The van der Waals surface area contributed by atoms with Crippen LogP contribution in [-0.2, 0) is 0 Å². The Morgan fingerprint density at radius 3 is 2.52 bits per heavy atom. The van der Waals surface area contributed by atoms with Crippen molar-refractivity contribution in [2.24, 2.45) is 5.10 Å². The molecule has 5 heteroatoms. The van der Waals surface area contributed by atoms with Gasteiger partial charge in [0, 0.05) is 17.3 Å². The summed E-state index contributed by atoms with van der Waals surface area (Å²) in [5.41, 5.74) is 10.5. The zero-order chi connectivity index (χ0) is 17.1. The molecule has 0 amide bonds. The minimum absolute atomic E-state index is 0.118. The summed E-state index contributed by atoms with van der Waals surface area (Å²) < 4.78 is 0. The van der Waals surface area contributed by atoms with Crippen molar-refractivity contribution >= 4 is 40.3 Å². The normalized spacial score (nSPS) is 11.9. The Morgan fingerprint density at radius 1 is 1.17 bits per heavy atom. The smallest absolute Gasteiger partial charge is 0.0845 e. The van der Waals surface area contributed by atoms with Gasteiger partial charge in [-0.3, -0.25) is 5.01 Å². The number of benzene rings is 2. The third-order valence-corrected chi connectivity index (χ3v) is 4.33. The molecule has 2 aromatic carbocycles. The summed E-state index contributed by atoms with van der Waals surface area (Å²) >= 11 is 12.5. The fourth-order valence-corrected chi connectivity index (χ4v) is 2.70. The molecule has 0 aliphatic heterocycles. The van der Waals surface area contributed by atoms with Crippen molar-refractivity contribution < 1.29 is 0 Å². The average molecular weight is 350 g/mol. The van der Waals surface area contributed by atoms with E-state index in [0.29, 0.717) is 15.7 Å². The van der Waals surface area contributed by atoms with E-state index in [0.717, 1.165) is 22.5 Å². The van der Waals surface area contributed by atoms with Gasteiger partial charge in [-0.2, -0.15) is 5.10 Å². The van der Waals surface area contributed by atoms with Gasteiger partial charge in [0.2, 0.25) is 0 Å². The third kappa shape index (κ3) is 3.98. The lowest BCUT2D eigenvalue weighted by atomic mass is 10.1. The van der Waals surface area contributed by atoms with Crippen LogP contribution >= 0.6 is 23.2 Å². The number of aryl methyl sites for hydroxylation is 1. The zero-order valence-corrected chi connectivity index (χ0v) is 15.3. The summed E-state index contributed by atoms with van der Waals surface area (Å²) in [6.45, 7) is 8.07. The van der Waals surface area contributed by atoms with Crippen LogP contribution in [-0.4, -0.2) is 11.8 Å². The number of nitrogens with zero attached hydrogens (tertiary/aromatic N) is 2. The van der Waals surface area contributed by atoms with Gasteiger partial charge in [0.1, 0.15) is 0 Å². The van der Waals surface area contributed by atoms with Gasteiger partial charge in [-0.1, -0.05) is 40.9 Å². The lowest BCUT2D eigenvalue weighted by Gasteiger charge is -2.26. The van der Waals surface area contributed by atoms with Crippen molar-refractivity contribution in [1.29, 1.82) is 0 Å². The summed E-state index contributed by atoms with van der Waals surface area (Å²) in [6.07, 6.45) is 0. The highest BCUT2D eigenvalue weighted by Crippen LogP contribution is 2.34. The molecule has 0 bridgehead atoms. The second-order valence-electron chi connectivity index (χ2n) is 5.79. The van der Waals surface area contributed by atoms with Gasteiger partial charge in [0.25, 0.3) is 0 Å². The van der Waals surface area contributed by atoms with E-state index in [9.17, 15) is 0 Å². The molecule has 0 saturated carbocycles. The van der Waals surface area contributed by atoms with E-state index in [-0.39, 0.29) is 6.04 Å². The summed E-state index contributed by atoms with van der Waals surface area (Å²) in [7, 11) is 0. The first kappa shape index (κ1) is 17.6. The van der Waals surface area contributed by atoms with Crippen LogP contribution in [0.2, 0.25) is 10.0 Å². The predicted molar refractivity (Wildman–Crippen MR) is 102 cm³/mol. The standard InChI is InChI=1S/C18H21Cl2N3/c1-11(2)23(17-7-5-6-15(19)18(17)20)22-13(4)14-10-12(3)8-9-16(14)21/h5-11H,21H2,1-4H3/b22-13+. The van der Waals surface area contributed by atoms with Gasteiger partial charge >= 0.3 is 0 Å². The fraction of sp³-hybridized carbons (Fsp3) is 0.278. The Bertz CT molecular complexity index is 739. The maximum absolute atomic E-state index is 6.35. The van der Waals surface area contributed by atoms with Crippen LogP contribution in [0.4, 0.5) is 11.4 Å². The van der Waals surface area contributed by atoms with Crippen LogP contribution in [0.5, 0.6) is 0 Å². The highest BCUT2D eigenvalue weighted by molar-refractivity contribution is 6.43. The Kier molecular flexibility index (Phi) is 5.55. The summed E-state index contributed by atoms with van der Waals surface area (Å²) in [5, 5.41) is 7.62. The Morgan fingerprint density at radius 2 is 1.87 bits per heavy atom. The number of hydrogen-bond donors (Lipinski definition) is 1. The number of rotatable bonds is 4. The maximum Gasteiger partial charge on any atom is 0.0845 e. The lowest BCUT2D eigenvalue weighted by Crippen LogP contribution is -2.27. The molecule has 0 spiro atoms. The molecule has 0 radical (unpaired) electrons. The third-order valence-electron chi connectivity index (χ3n) is 3.52. The van der Waals surface area contributed by atoms with E-state index in [4.69, 9.17) is 34.0 Å². The van der Waals surface area contributed by atoms with E-state index in [1.165, 1.54) is 0 Å². The van der Waals surface area contributed by atoms with E-state index >= 15 is 0 Å². The molecule has 0 fully saturated rings. The highest BCUT2D eigenvalue weighted by Gasteiger charge is 2.16. The molecule has 0 atom stereocenters. The molecule has 0 unspecified atom stereocenters. The molecule has 2 aromatic rings. The molecule has 0 aromatic heterocycles. The molecule has 2 rings (SSSR count). The largest absolute Gasteiger partial charge is 0.398 e. The fourth-order valence-electron chi connectivity index (χ4n) is 2.32. The number of halogens is 2. The zero-order valence-electron chi connectivity index (χ0n) is 13.8. The molecular formula is C18H21Cl2N3. The number of hydrazone groups is 1. The van der Waals surface area contributed by atoms with E-state index < -0.39 is 0 Å². The van der Waals surface area contributed by atoms with E-state index in [2.05, 4.69) is 0 Å². The first-order chi connectivity index (χ1) is 10.8. The summed E-state index contributed by atoms with van der Waals surface area (Å²) in [5.74, 6) is 0. The number of hydrogen-bond acceptors (Lipinski definition) is 3. The minimum atomic E-state index is 0.118. The van der Waals surface area contributed by atoms with Crippen LogP contribution < -0.4 is 10.7 Å². The molecule has 3 nitrogen and oxygen atoms in total. The van der Waals surface area contributed by atoms with Crippen LogP contribution in [0, 0.1) is 6.92 Å². The number of anilines is 2. The molecule has 2 N–H and O–H groups in total. The molecule has 23 heavy (non-hydrogen) atoms. The predicted octanol–water partition coefficient (Wildman–Crippen LogP) is 5.52. The number of nitrogen functional groups attached to an aromatic ring is 1. The van der Waals surface area contributed by atoms with Crippen LogP contribution in [0.15, 0.2) is 41.5 Å². The maximum atomic E-state index is 6.35. The van der Waals surface area contributed by atoms with Gasteiger partial charge in [0.15, 0.2) is 0 Å². The Labute approximate surface area is 147 Å². The van der Waals surface area contributed by atoms with Crippen molar-refractivity contribution in [3.05, 3.63) is 57.6 Å². The molecular weight excluding hydrogens is 329 g/mol.